The lowest BCUT2D eigenvalue weighted by atomic mass is 10.0. The molecule has 0 saturated heterocycles. The van der Waals surface area contributed by atoms with Crippen molar-refractivity contribution in [2.75, 3.05) is 10.6 Å². The third-order valence-electron chi connectivity index (χ3n) is 5.97. The molecule has 4 N–H and O–H groups in total. The van der Waals surface area contributed by atoms with E-state index in [1.54, 1.807) is 0 Å². The zero-order valence-corrected chi connectivity index (χ0v) is 31.5. The summed E-state index contributed by atoms with van der Waals surface area (Å²) in [5.41, 5.74) is 11.8. The van der Waals surface area contributed by atoms with E-state index in [0.717, 1.165) is 22.7 Å². The highest BCUT2D eigenvalue weighted by Crippen LogP contribution is 2.25. The normalized spacial score (nSPS) is 9.48. The number of primary amides is 1. The van der Waals surface area contributed by atoms with Gasteiger partial charge in [0.2, 0.25) is 6.41 Å². The summed E-state index contributed by atoms with van der Waals surface area (Å²) < 4.78 is 5.86. The summed E-state index contributed by atoms with van der Waals surface area (Å²) in [5, 5.41) is 6.23. The molecule has 262 valence electrons. The summed E-state index contributed by atoms with van der Waals surface area (Å²) >= 11 is 0. The fraction of sp³-hybridized carbons (Fsp3) is 0.333. The second-order valence-corrected chi connectivity index (χ2v) is 10.4. The van der Waals surface area contributed by atoms with E-state index in [1.807, 2.05) is 107 Å². The van der Waals surface area contributed by atoms with Crippen LogP contribution in [0.4, 0.5) is 11.4 Å². The van der Waals surface area contributed by atoms with E-state index < -0.39 is 0 Å². The molecular weight excluding hydrogens is 594 g/mol. The molecule has 0 aliphatic heterocycles. The van der Waals surface area contributed by atoms with E-state index in [9.17, 15) is 4.79 Å². The number of benzene rings is 4. The molecule has 48 heavy (non-hydrogen) atoms. The Kier molecular flexibility index (Phi) is 26.8. The molecule has 0 aromatic heterocycles. The van der Waals surface area contributed by atoms with Gasteiger partial charge in [-0.2, -0.15) is 0 Å². The van der Waals surface area contributed by atoms with Gasteiger partial charge in [0, 0.05) is 23.0 Å². The standard InChI is InChI=1S/C23H24N2O2.C11H14.C3H8.2C2H6.CH3NO/c1-16(2)24-19-8-12-21(13-9-19)27-22-14-10-20(11-15-22)25-23(26)18-6-4-17(3)5-7-18;1-4-9(2)11-8-6-5-7-10(11)3;1-3-2;2*1-2;2-1-3/h4-16,24H,1-3H3,(H,25,26);4-8H,1-3H3;3H2,1-2H3;2*1-2H3;1H,(H2,2,3)/b;9-4-;;;;. The largest absolute Gasteiger partial charge is 0.457 e. The summed E-state index contributed by atoms with van der Waals surface area (Å²) in [6.07, 6.45) is 3.64. The summed E-state index contributed by atoms with van der Waals surface area (Å²) in [5.74, 6) is 1.35. The van der Waals surface area contributed by atoms with Crippen LogP contribution in [-0.2, 0) is 4.79 Å². The van der Waals surface area contributed by atoms with Gasteiger partial charge < -0.3 is 21.1 Å². The van der Waals surface area contributed by atoms with E-state index in [2.05, 4.69) is 95.2 Å². The number of carbonyl (C=O) groups excluding carboxylic acids is 2. The first-order chi connectivity index (χ1) is 23.1. The number of allylic oxidation sites excluding steroid dienone is 2. The van der Waals surface area contributed by atoms with Crippen LogP contribution in [0.5, 0.6) is 11.5 Å². The lowest BCUT2D eigenvalue weighted by molar-refractivity contribution is -0.106. The van der Waals surface area contributed by atoms with Gasteiger partial charge in [-0.15, -0.1) is 0 Å². The number of ether oxygens (including phenoxy) is 1. The number of carbonyl (C=O) groups is 2. The molecule has 0 unspecified atom stereocenters. The van der Waals surface area contributed by atoms with Gasteiger partial charge in [-0.05, 0) is 119 Å². The summed E-state index contributed by atoms with van der Waals surface area (Å²) in [4.78, 5) is 20.8. The first-order valence-corrected chi connectivity index (χ1v) is 16.9. The van der Waals surface area contributed by atoms with E-state index in [-0.39, 0.29) is 12.3 Å². The molecule has 0 atom stereocenters. The second-order valence-electron chi connectivity index (χ2n) is 10.4. The summed E-state index contributed by atoms with van der Waals surface area (Å²) in [6.45, 7) is 24.8. The fourth-order valence-corrected chi connectivity index (χ4v) is 3.77. The number of hydrogen-bond acceptors (Lipinski definition) is 4. The average molecular weight is 656 g/mol. The zero-order valence-electron chi connectivity index (χ0n) is 31.5. The van der Waals surface area contributed by atoms with E-state index in [4.69, 9.17) is 9.53 Å². The number of nitrogens with two attached hydrogens (primary N) is 1. The molecule has 0 radical (unpaired) electrons. The van der Waals surface area contributed by atoms with Crippen LogP contribution in [0, 0.1) is 13.8 Å². The third kappa shape index (κ3) is 19.6. The van der Waals surface area contributed by atoms with Crippen molar-refractivity contribution in [2.24, 2.45) is 5.73 Å². The van der Waals surface area contributed by atoms with Gasteiger partial charge in [0.25, 0.3) is 5.91 Å². The number of amides is 2. The Labute approximate surface area is 291 Å². The van der Waals surface area contributed by atoms with Crippen LogP contribution < -0.4 is 21.1 Å². The first kappa shape index (κ1) is 45.3. The Balaban J connectivity index is 0. The number of nitrogens with one attached hydrogen (secondary N) is 2. The molecule has 6 nitrogen and oxygen atoms in total. The molecule has 0 aliphatic carbocycles. The van der Waals surface area contributed by atoms with Gasteiger partial charge in [-0.3, -0.25) is 9.59 Å². The van der Waals surface area contributed by atoms with Gasteiger partial charge in [-0.1, -0.05) is 96.0 Å². The highest BCUT2D eigenvalue weighted by atomic mass is 16.5. The van der Waals surface area contributed by atoms with Crippen molar-refractivity contribution < 1.29 is 14.3 Å². The maximum atomic E-state index is 12.3. The minimum atomic E-state index is -0.128. The number of aryl methyl sites for hydroxylation is 2. The van der Waals surface area contributed by atoms with E-state index in [1.165, 1.54) is 23.1 Å². The Hall–Kier alpha value is -4.84. The van der Waals surface area contributed by atoms with Crippen LogP contribution in [0.3, 0.4) is 0 Å². The predicted molar refractivity (Wildman–Crippen MR) is 210 cm³/mol. The smallest absolute Gasteiger partial charge is 0.255 e. The topological polar surface area (TPSA) is 93.4 Å². The van der Waals surface area contributed by atoms with Crippen LogP contribution in [-0.4, -0.2) is 18.4 Å². The molecule has 4 rings (SSSR count). The average Bonchev–Trinajstić information content (AvgIpc) is 3.09. The molecule has 0 heterocycles. The molecule has 0 aliphatic rings. The fourth-order valence-electron chi connectivity index (χ4n) is 3.77. The molecule has 6 heteroatoms. The Morgan fingerprint density at radius 1 is 0.771 bits per heavy atom. The lowest BCUT2D eigenvalue weighted by Gasteiger charge is -2.11. The van der Waals surface area contributed by atoms with Gasteiger partial charge in [0.05, 0.1) is 0 Å². The Morgan fingerprint density at radius 3 is 1.62 bits per heavy atom. The lowest BCUT2D eigenvalue weighted by Crippen LogP contribution is -2.11. The quantitative estimate of drug-likeness (QED) is 0.173. The summed E-state index contributed by atoms with van der Waals surface area (Å²) in [7, 11) is 0. The Bertz CT molecular complexity index is 1410. The highest BCUT2D eigenvalue weighted by Gasteiger charge is 2.06. The third-order valence-corrected chi connectivity index (χ3v) is 5.97. The minimum Gasteiger partial charge on any atom is -0.457 e. The molecule has 0 saturated carbocycles. The van der Waals surface area contributed by atoms with Gasteiger partial charge in [0.1, 0.15) is 11.5 Å². The predicted octanol–water partition coefficient (Wildman–Crippen LogP) is 11.8. The molecule has 0 bridgehead atoms. The molecule has 4 aromatic rings. The van der Waals surface area contributed by atoms with Crippen LogP contribution in [0.1, 0.15) is 103 Å². The maximum Gasteiger partial charge on any atom is 0.255 e. The van der Waals surface area contributed by atoms with Crippen molar-refractivity contribution in [3.05, 3.63) is 125 Å². The van der Waals surface area contributed by atoms with E-state index in [0.29, 0.717) is 17.4 Å². The monoisotopic (exact) mass is 655 g/mol. The zero-order chi connectivity index (χ0) is 36.9. The molecular formula is C42H61N3O3. The highest BCUT2D eigenvalue weighted by molar-refractivity contribution is 6.04. The van der Waals surface area contributed by atoms with Gasteiger partial charge in [-0.25, -0.2) is 0 Å². The van der Waals surface area contributed by atoms with Crippen LogP contribution in [0.2, 0.25) is 0 Å². The van der Waals surface area contributed by atoms with Crippen LogP contribution >= 0.6 is 0 Å². The molecule has 4 aromatic carbocycles. The van der Waals surface area contributed by atoms with Crippen LogP contribution in [0.25, 0.3) is 5.57 Å². The van der Waals surface area contributed by atoms with Gasteiger partial charge >= 0.3 is 0 Å². The second kappa shape index (κ2) is 28.4. The van der Waals surface area contributed by atoms with Crippen molar-refractivity contribution in [2.45, 2.75) is 95.5 Å². The number of hydrogen-bond donors (Lipinski definition) is 3. The molecule has 0 spiro atoms. The van der Waals surface area contributed by atoms with E-state index >= 15 is 0 Å². The Morgan fingerprint density at radius 2 is 1.21 bits per heavy atom. The van der Waals surface area contributed by atoms with Crippen LogP contribution in [0.15, 0.2) is 103 Å². The number of anilines is 2. The van der Waals surface area contributed by atoms with Crippen molar-refractivity contribution >= 4 is 29.3 Å². The molecule has 0 fully saturated rings. The maximum absolute atomic E-state index is 12.3. The van der Waals surface area contributed by atoms with Crippen molar-refractivity contribution in [1.29, 1.82) is 0 Å². The first-order valence-electron chi connectivity index (χ1n) is 16.9. The minimum absolute atomic E-state index is 0.128. The van der Waals surface area contributed by atoms with Crippen molar-refractivity contribution in [1.82, 2.24) is 0 Å². The molecule has 2 amide bonds. The van der Waals surface area contributed by atoms with Gasteiger partial charge in [0.15, 0.2) is 0 Å². The van der Waals surface area contributed by atoms with Crippen molar-refractivity contribution in [3.8, 4) is 11.5 Å². The summed E-state index contributed by atoms with van der Waals surface area (Å²) in [6, 6.07) is 31.5. The SMILES string of the molecule is C/C=C(/C)c1ccccc1C.CC.CC.CCC.Cc1ccc(C(=O)Nc2ccc(Oc3ccc(NC(C)C)cc3)cc2)cc1.NC=O. The number of rotatable bonds is 7. The van der Waals surface area contributed by atoms with Crippen molar-refractivity contribution in [3.63, 3.8) is 0 Å².